The number of nitrogens with one attached hydrogen (secondary N) is 18. The molecule has 54 heteroatoms. The van der Waals surface area contributed by atoms with Crippen molar-refractivity contribution in [2.75, 3.05) is 59.2 Å². The first-order valence-corrected chi connectivity index (χ1v) is 34.0. The lowest BCUT2D eigenvalue weighted by Crippen LogP contribution is -2.61. The molecule has 0 unspecified atom stereocenters. The molecule has 0 aromatic heterocycles. The number of phosphoric acid groups is 4. The van der Waals surface area contributed by atoms with Crippen molar-refractivity contribution >= 4 is 114 Å². The highest BCUT2D eigenvalue weighted by Crippen LogP contribution is 2.37. The predicted molar refractivity (Wildman–Crippen MR) is 329 cm³/mol. The van der Waals surface area contributed by atoms with Crippen LogP contribution >= 0.6 is 31.3 Å². The minimum atomic E-state index is -5.65. The number of phosphoric ester groups is 4. The summed E-state index contributed by atoms with van der Waals surface area (Å²) in [5, 5.41) is 75.8. The Hall–Kier alpha value is -8.02. The Morgan fingerprint density at radius 3 is 0.698 bits per heavy atom. The SMILES string of the molecule is N=C(N)NCCC[C@H](NC(=O)[C@H](CCCNC(=N)N)NC(=O)[C@H](COP(=O)(O)O)NC(=O)[C@H](CCCNC(=N)N)NC(=O)[C@H](COP(=O)(O)O)NC(=O)[C@H](CCCNC(=N)N)NC(=O)[C@H](COP(=O)(O)O)NC(=O)[C@H](CCCNC(=N)N)NC(=O)[C@@H](N)COP(=O)(O)O)C(=O)O. The second kappa shape index (κ2) is 43.9. The molecule has 0 fully saturated rings. The number of carbonyl (C=O) groups is 9. The van der Waals surface area contributed by atoms with E-state index in [0.717, 1.165) is 0 Å². The summed E-state index contributed by atoms with van der Waals surface area (Å²) in [4.78, 5) is 200. The van der Waals surface area contributed by atoms with Crippen LogP contribution in [0.5, 0.6) is 0 Å². The summed E-state index contributed by atoms with van der Waals surface area (Å²) < 4.78 is 64.9. The molecule has 0 aliphatic rings. The van der Waals surface area contributed by atoms with Gasteiger partial charge in [0.05, 0.1) is 26.4 Å². The molecule has 96 heavy (non-hydrogen) atoms. The van der Waals surface area contributed by atoms with Crippen molar-refractivity contribution in [2.24, 2.45) is 34.4 Å². The molecule has 39 N–H and O–H groups in total. The Kier molecular flexibility index (Phi) is 40.3. The Labute approximate surface area is 545 Å². The fourth-order valence-electron chi connectivity index (χ4n) is 7.48. The zero-order valence-corrected chi connectivity index (χ0v) is 54.4. The fourth-order valence-corrected chi connectivity index (χ4v) is 8.87. The van der Waals surface area contributed by atoms with E-state index in [0.29, 0.717) is 0 Å². The van der Waals surface area contributed by atoms with E-state index in [1.165, 1.54) is 0 Å². The number of hydrogen-bond acceptors (Lipinski definition) is 23. The monoisotopic (exact) mass is 1470 g/mol. The lowest BCUT2D eigenvalue weighted by molar-refractivity contribution is -0.142. The third-order valence-corrected chi connectivity index (χ3v) is 13.9. The molecule has 0 aliphatic heterocycles. The number of nitrogens with two attached hydrogens (primary N) is 6. The van der Waals surface area contributed by atoms with Crippen LogP contribution in [0.1, 0.15) is 64.2 Å². The number of carboxylic acid groups (broad SMARTS) is 1. The predicted octanol–water partition coefficient (Wildman–Crippen LogP) is -12.0. The highest BCUT2D eigenvalue weighted by molar-refractivity contribution is 7.47. The van der Waals surface area contributed by atoms with Gasteiger partial charge in [-0.1, -0.05) is 0 Å². The molecule has 550 valence electrons. The van der Waals surface area contributed by atoms with Gasteiger partial charge in [0.1, 0.15) is 54.4 Å². The van der Waals surface area contributed by atoms with Gasteiger partial charge in [0.25, 0.3) is 0 Å². The van der Waals surface area contributed by atoms with Crippen molar-refractivity contribution in [1.82, 2.24) is 69.1 Å². The van der Waals surface area contributed by atoms with Gasteiger partial charge in [-0.25, -0.2) is 23.1 Å². The van der Waals surface area contributed by atoms with Crippen molar-refractivity contribution in [3.63, 3.8) is 0 Å². The summed E-state index contributed by atoms with van der Waals surface area (Å²) in [6.07, 6.45) is -3.06. The molecule has 0 saturated carbocycles. The Morgan fingerprint density at radius 1 is 0.312 bits per heavy atom. The van der Waals surface area contributed by atoms with Crippen LogP contribution in [0.25, 0.3) is 0 Å². The average molecular weight is 1470 g/mol. The second-order valence-corrected chi connectivity index (χ2v) is 25.0. The molecule has 0 rings (SSSR count). The van der Waals surface area contributed by atoms with E-state index in [9.17, 15) is 95.9 Å². The standard InChI is InChI=1S/C42H86N24O26P4/c43-20(16-89-93(77,78)79)29(67)59-21(6-1-11-54-38(44)45)31(69)64-26(17-90-94(80,81)82)35(73)61-23(8-3-13-56-40(48)49)33(71)66-28(19-92-96(86,87)88)36(74)62-24(9-4-14-57-41(50)51)32(70)65-27(18-91-95(83,84)85)34(72)60-22(7-2-12-55-39(46)47)30(68)63-25(37(75)76)10-5-15-58-42(52)53/h20-28H,1-19,43H2,(H,59,67)(H,60,72)(H,61,73)(H,62,74)(H,63,68)(H,64,69)(H,65,70)(H,66,71)(H,75,76)(H4,44,45,54)(H4,46,47,55)(H4,48,49,56)(H4,50,51,57)(H4,52,53,58)(H2,77,78,79)(H2,80,81,82)(H2,83,84,85)(H2,86,87,88)/t20-,21-,22-,23-,24-,25-,26-,27-,28-/m0/s1. The first-order chi connectivity index (χ1) is 44.3. The van der Waals surface area contributed by atoms with E-state index in [2.05, 4.69) is 76.6 Å². The normalized spacial score (nSPS) is 14.4. The molecular formula is C42H86N24O26P4. The third-order valence-electron chi connectivity index (χ3n) is 12.0. The van der Waals surface area contributed by atoms with Gasteiger partial charge < -0.3 is 148 Å². The largest absolute Gasteiger partial charge is 0.480 e. The Balaban J connectivity index is 7.63. The highest BCUT2D eigenvalue weighted by Gasteiger charge is 2.38. The second-order valence-electron chi connectivity index (χ2n) is 20.0. The lowest BCUT2D eigenvalue weighted by Gasteiger charge is -2.28. The molecular weight excluding hydrogens is 1380 g/mol. The lowest BCUT2D eigenvalue weighted by atomic mass is 10.1. The van der Waals surface area contributed by atoms with E-state index >= 15 is 0 Å². The van der Waals surface area contributed by atoms with Crippen LogP contribution in [0.15, 0.2) is 0 Å². The van der Waals surface area contributed by atoms with Crippen LogP contribution in [0, 0.1) is 27.0 Å². The molecule has 50 nitrogen and oxygen atoms in total. The van der Waals surface area contributed by atoms with Gasteiger partial charge in [0.2, 0.25) is 47.3 Å². The number of carboxylic acids is 1. The van der Waals surface area contributed by atoms with E-state index in [-0.39, 0.29) is 71.2 Å². The van der Waals surface area contributed by atoms with Gasteiger partial charge in [-0.2, -0.15) is 0 Å². The molecule has 0 saturated heterocycles. The number of amides is 8. The Bertz CT molecular complexity index is 2880. The molecule has 0 spiro atoms. The molecule has 0 radical (unpaired) electrons. The van der Waals surface area contributed by atoms with Crippen molar-refractivity contribution in [3.8, 4) is 0 Å². The minimum Gasteiger partial charge on any atom is -0.480 e. The van der Waals surface area contributed by atoms with Crippen LogP contribution in [-0.2, 0) is 79.5 Å². The minimum absolute atomic E-state index is 0.0132. The first kappa shape index (κ1) is 88.0. The van der Waals surface area contributed by atoms with Gasteiger partial charge in [-0.05, 0) is 64.2 Å². The quantitative estimate of drug-likeness (QED) is 0.0116. The molecule has 0 aromatic carbocycles. The zero-order chi connectivity index (χ0) is 73.7. The number of rotatable bonds is 49. The summed E-state index contributed by atoms with van der Waals surface area (Å²) in [5.41, 5.74) is 32.3. The average Bonchev–Trinajstić information content (AvgIpc) is 0.880. The molecule has 0 heterocycles. The van der Waals surface area contributed by atoms with Crippen molar-refractivity contribution in [2.45, 2.75) is 119 Å². The van der Waals surface area contributed by atoms with Crippen LogP contribution < -0.4 is 104 Å². The maximum atomic E-state index is 14.3. The number of guanidine groups is 5. The van der Waals surface area contributed by atoms with Crippen LogP contribution in [-0.4, -0.2) is 241 Å². The van der Waals surface area contributed by atoms with E-state index in [1.54, 1.807) is 0 Å². The van der Waals surface area contributed by atoms with E-state index < -0.39 is 221 Å². The highest BCUT2D eigenvalue weighted by atomic mass is 31.2. The summed E-state index contributed by atoms with van der Waals surface area (Å²) >= 11 is 0. The summed E-state index contributed by atoms with van der Waals surface area (Å²) in [5.74, 6) is -15.8. The molecule has 0 aliphatic carbocycles. The van der Waals surface area contributed by atoms with Gasteiger partial charge in [-0.15, -0.1) is 0 Å². The van der Waals surface area contributed by atoms with Crippen LogP contribution in [0.3, 0.4) is 0 Å². The van der Waals surface area contributed by atoms with Crippen LogP contribution in [0.2, 0.25) is 0 Å². The third kappa shape index (κ3) is 43.9. The number of hydrogen-bond donors (Lipinski definition) is 33. The molecule has 0 bridgehead atoms. The fraction of sp³-hybridized carbons (Fsp3) is 0.667. The van der Waals surface area contributed by atoms with Crippen molar-refractivity contribution < 1.29 is 124 Å². The van der Waals surface area contributed by atoms with Crippen LogP contribution in [0.4, 0.5) is 0 Å². The Morgan fingerprint density at radius 2 is 0.490 bits per heavy atom. The summed E-state index contributed by atoms with van der Waals surface area (Å²) in [6.45, 7) is -6.33. The van der Waals surface area contributed by atoms with Gasteiger partial charge in [0, 0.05) is 32.7 Å². The molecule has 0 aromatic rings. The zero-order valence-electron chi connectivity index (χ0n) is 50.8. The van der Waals surface area contributed by atoms with Crippen molar-refractivity contribution in [1.29, 1.82) is 27.0 Å². The van der Waals surface area contributed by atoms with Gasteiger partial charge in [0.15, 0.2) is 29.8 Å². The maximum absolute atomic E-state index is 14.3. The van der Waals surface area contributed by atoms with E-state index in [1.807, 2.05) is 10.6 Å². The summed E-state index contributed by atoms with van der Waals surface area (Å²) in [6, 6.07) is -18.1. The van der Waals surface area contributed by atoms with Crippen molar-refractivity contribution in [3.05, 3.63) is 0 Å². The number of carbonyl (C=O) groups excluding carboxylic acids is 8. The first-order valence-electron chi connectivity index (χ1n) is 27.9. The van der Waals surface area contributed by atoms with E-state index in [4.69, 9.17) is 71.2 Å². The smallest absolute Gasteiger partial charge is 0.469 e. The molecule has 9 atom stereocenters. The number of aliphatic carboxylic acids is 1. The topological polar surface area (TPSA) is 873 Å². The van der Waals surface area contributed by atoms with Gasteiger partial charge >= 0.3 is 37.3 Å². The molecule has 8 amide bonds. The maximum Gasteiger partial charge on any atom is 0.469 e. The summed E-state index contributed by atoms with van der Waals surface area (Å²) in [7, 11) is -22.0. The van der Waals surface area contributed by atoms with Gasteiger partial charge in [-0.3, -0.25) is 83.5 Å².